The first-order valence-corrected chi connectivity index (χ1v) is 10.9. The number of benzene rings is 1. The van der Waals surface area contributed by atoms with Gasteiger partial charge in [0.2, 0.25) is 5.91 Å². The van der Waals surface area contributed by atoms with Crippen LogP contribution in [-0.4, -0.2) is 27.3 Å². The van der Waals surface area contributed by atoms with Gasteiger partial charge >= 0.3 is 0 Å². The van der Waals surface area contributed by atoms with Crippen LogP contribution in [0.1, 0.15) is 27.2 Å². The molecule has 1 atom stereocenters. The first kappa shape index (κ1) is 19.6. The SMILES string of the molecule is CC[C@@H](C)NC(=O)CSc1nc2scc(-c3ccccc3)c2c(=O)n1CC. The molecule has 5 nitrogen and oxygen atoms in total. The topological polar surface area (TPSA) is 64.0 Å². The standard InChI is InChI=1S/C20H23N3O2S2/c1-4-13(3)21-16(24)12-27-20-22-18-17(19(25)23(20)5-2)15(11-26-18)14-9-7-6-8-10-14/h6-11,13H,4-5,12H2,1-3H3,(H,21,24)/t13-/m1/s1. The lowest BCUT2D eigenvalue weighted by Gasteiger charge is -2.13. The quantitative estimate of drug-likeness (QED) is 0.477. The summed E-state index contributed by atoms with van der Waals surface area (Å²) in [6, 6.07) is 10.0. The van der Waals surface area contributed by atoms with Gasteiger partial charge in [-0.1, -0.05) is 49.0 Å². The number of hydrogen-bond donors (Lipinski definition) is 1. The van der Waals surface area contributed by atoms with E-state index < -0.39 is 0 Å². The molecule has 2 heterocycles. The van der Waals surface area contributed by atoms with Crippen molar-refractivity contribution in [1.29, 1.82) is 0 Å². The molecule has 0 aliphatic rings. The molecule has 0 aliphatic heterocycles. The summed E-state index contributed by atoms with van der Waals surface area (Å²) in [5.41, 5.74) is 1.88. The highest BCUT2D eigenvalue weighted by Crippen LogP contribution is 2.32. The summed E-state index contributed by atoms with van der Waals surface area (Å²) in [7, 11) is 0. The summed E-state index contributed by atoms with van der Waals surface area (Å²) in [6.07, 6.45) is 0.887. The van der Waals surface area contributed by atoms with Gasteiger partial charge in [0, 0.05) is 23.5 Å². The summed E-state index contributed by atoms with van der Waals surface area (Å²) in [5.74, 6) is 0.210. The Balaban J connectivity index is 1.94. The summed E-state index contributed by atoms with van der Waals surface area (Å²) in [6.45, 7) is 6.45. The number of fused-ring (bicyclic) bond motifs is 1. The largest absolute Gasteiger partial charge is 0.353 e. The van der Waals surface area contributed by atoms with Crippen molar-refractivity contribution in [3.63, 3.8) is 0 Å². The number of thioether (sulfide) groups is 1. The highest BCUT2D eigenvalue weighted by molar-refractivity contribution is 7.99. The number of aromatic nitrogens is 2. The van der Waals surface area contributed by atoms with Crippen LogP contribution in [0.15, 0.2) is 45.7 Å². The Morgan fingerprint density at radius 1 is 1.30 bits per heavy atom. The molecule has 142 valence electrons. The van der Waals surface area contributed by atoms with Crippen LogP contribution in [0.3, 0.4) is 0 Å². The van der Waals surface area contributed by atoms with E-state index in [4.69, 9.17) is 0 Å². The van der Waals surface area contributed by atoms with Crippen LogP contribution in [0.25, 0.3) is 21.3 Å². The van der Waals surface area contributed by atoms with Gasteiger partial charge in [-0.15, -0.1) is 11.3 Å². The third-order valence-electron chi connectivity index (χ3n) is 4.41. The fourth-order valence-corrected chi connectivity index (χ4v) is 4.64. The van der Waals surface area contributed by atoms with E-state index in [0.29, 0.717) is 21.9 Å². The minimum Gasteiger partial charge on any atom is -0.353 e. The highest BCUT2D eigenvalue weighted by Gasteiger charge is 2.17. The van der Waals surface area contributed by atoms with Gasteiger partial charge in [0.05, 0.1) is 11.1 Å². The average molecular weight is 402 g/mol. The maximum absolute atomic E-state index is 13.1. The molecule has 0 radical (unpaired) electrons. The number of carbonyl (C=O) groups is 1. The number of rotatable bonds is 7. The zero-order valence-corrected chi connectivity index (χ0v) is 17.3. The first-order valence-electron chi connectivity index (χ1n) is 9.04. The average Bonchev–Trinajstić information content (AvgIpc) is 3.11. The maximum Gasteiger partial charge on any atom is 0.263 e. The van der Waals surface area contributed by atoms with Gasteiger partial charge in [-0.2, -0.15) is 0 Å². The van der Waals surface area contributed by atoms with E-state index in [2.05, 4.69) is 10.3 Å². The summed E-state index contributed by atoms with van der Waals surface area (Å²) in [5, 5.41) is 6.17. The van der Waals surface area contributed by atoms with Crippen LogP contribution in [-0.2, 0) is 11.3 Å². The normalized spacial score (nSPS) is 12.3. The number of hydrogen-bond acceptors (Lipinski definition) is 5. The number of nitrogens with zero attached hydrogens (tertiary/aromatic N) is 2. The highest BCUT2D eigenvalue weighted by atomic mass is 32.2. The summed E-state index contributed by atoms with van der Waals surface area (Å²) < 4.78 is 1.66. The Labute approximate surface area is 166 Å². The molecule has 1 aromatic carbocycles. The monoisotopic (exact) mass is 401 g/mol. The van der Waals surface area contributed by atoms with Crippen LogP contribution in [0.4, 0.5) is 0 Å². The van der Waals surface area contributed by atoms with Crippen molar-refractivity contribution in [3.8, 4) is 11.1 Å². The number of thiophene rings is 1. The Morgan fingerprint density at radius 2 is 2.04 bits per heavy atom. The maximum atomic E-state index is 13.1. The number of carbonyl (C=O) groups excluding carboxylic acids is 1. The van der Waals surface area contributed by atoms with Crippen molar-refractivity contribution in [2.45, 2.75) is 44.9 Å². The Bertz CT molecular complexity index is 996. The molecule has 0 bridgehead atoms. The zero-order valence-electron chi connectivity index (χ0n) is 15.7. The molecular weight excluding hydrogens is 378 g/mol. The lowest BCUT2D eigenvalue weighted by atomic mass is 10.1. The van der Waals surface area contributed by atoms with E-state index >= 15 is 0 Å². The van der Waals surface area contributed by atoms with Crippen LogP contribution >= 0.6 is 23.1 Å². The van der Waals surface area contributed by atoms with Crippen molar-refractivity contribution >= 4 is 39.2 Å². The van der Waals surface area contributed by atoms with Gasteiger partial charge in [-0.05, 0) is 25.8 Å². The number of amides is 1. The van der Waals surface area contributed by atoms with E-state index in [1.54, 1.807) is 4.57 Å². The second-order valence-electron chi connectivity index (χ2n) is 6.30. The van der Waals surface area contributed by atoms with E-state index in [9.17, 15) is 9.59 Å². The Morgan fingerprint density at radius 3 is 2.70 bits per heavy atom. The van der Waals surface area contributed by atoms with Crippen molar-refractivity contribution in [2.75, 3.05) is 5.75 Å². The molecule has 0 unspecified atom stereocenters. The molecule has 27 heavy (non-hydrogen) atoms. The van der Waals surface area contributed by atoms with Gasteiger partial charge in [0.1, 0.15) is 4.83 Å². The van der Waals surface area contributed by atoms with Crippen LogP contribution in [0.5, 0.6) is 0 Å². The molecule has 7 heteroatoms. The smallest absolute Gasteiger partial charge is 0.263 e. The molecule has 0 saturated heterocycles. The Kier molecular flexibility index (Phi) is 6.34. The minimum atomic E-state index is -0.0487. The molecule has 0 saturated carbocycles. The molecule has 1 amide bonds. The van der Waals surface area contributed by atoms with Gasteiger partial charge in [0.15, 0.2) is 5.16 Å². The van der Waals surface area contributed by atoms with E-state index in [1.807, 2.05) is 56.5 Å². The molecular formula is C20H23N3O2S2. The van der Waals surface area contributed by atoms with Crippen LogP contribution in [0.2, 0.25) is 0 Å². The molecule has 3 aromatic rings. The van der Waals surface area contributed by atoms with Gasteiger partial charge in [0.25, 0.3) is 5.56 Å². The van der Waals surface area contributed by atoms with Gasteiger partial charge < -0.3 is 5.32 Å². The van der Waals surface area contributed by atoms with E-state index in [-0.39, 0.29) is 23.3 Å². The molecule has 0 spiro atoms. The molecule has 1 N–H and O–H groups in total. The van der Waals surface area contributed by atoms with Crippen LogP contribution in [0, 0.1) is 0 Å². The fraction of sp³-hybridized carbons (Fsp3) is 0.350. The predicted molar refractivity (Wildman–Crippen MR) is 114 cm³/mol. The lowest BCUT2D eigenvalue weighted by Crippen LogP contribution is -2.33. The van der Waals surface area contributed by atoms with E-state index in [0.717, 1.165) is 17.5 Å². The van der Waals surface area contributed by atoms with Crippen molar-refractivity contribution < 1.29 is 4.79 Å². The first-order chi connectivity index (χ1) is 13.0. The van der Waals surface area contributed by atoms with Crippen molar-refractivity contribution in [2.24, 2.45) is 0 Å². The molecule has 3 rings (SSSR count). The molecule has 0 fully saturated rings. The molecule has 0 aliphatic carbocycles. The Hall–Kier alpha value is -2.12. The van der Waals surface area contributed by atoms with Crippen LogP contribution < -0.4 is 10.9 Å². The lowest BCUT2D eigenvalue weighted by molar-refractivity contribution is -0.119. The second-order valence-corrected chi connectivity index (χ2v) is 8.11. The number of nitrogens with one attached hydrogen (secondary N) is 1. The fourth-order valence-electron chi connectivity index (χ4n) is 2.77. The second kappa shape index (κ2) is 8.71. The van der Waals surface area contributed by atoms with E-state index in [1.165, 1.54) is 23.1 Å². The van der Waals surface area contributed by atoms with Gasteiger partial charge in [-0.3, -0.25) is 14.2 Å². The minimum absolute atomic E-state index is 0.0393. The van der Waals surface area contributed by atoms with Crippen molar-refractivity contribution in [3.05, 3.63) is 46.1 Å². The zero-order chi connectivity index (χ0) is 19.4. The molecule has 2 aromatic heterocycles. The van der Waals surface area contributed by atoms with Gasteiger partial charge in [-0.25, -0.2) is 4.98 Å². The predicted octanol–water partition coefficient (Wildman–Crippen LogP) is 4.15. The third-order valence-corrected chi connectivity index (χ3v) is 6.26. The van der Waals surface area contributed by atoms with Crippen molar-refractivity contribution in [1.82, 2.24) is 14.9 Å². The summed E-state index contributed by atoms with van der Waals surface area (Å²) >= 11 is 2.78. The third kappa shape index (κ3) is 4.25. The summed E-state index contributed by atoms with van der Waals surface area (Å²) in [4.78, 5) is 30.6.